The summed E-state index contributed by atoms with van der Waals surface area (Å²) in [7, 11) is 1.51. The van der Waals surface area contributed by atoms with Crippen LogP contribution in [0.3, 0.4) is 0 Å². The molecule has 25 nitrogen and oxygen atoms in total. The van der Waals surface area contributed by atoms with Crippen molar-refractivity contribution in [3.63, 3.8) is 0 Å². The number of hydrogen-bond donors (Lipinski definition) is 11. The number of rotatable bonds is 29. The molecule has 1 aliphatic heterocycles. The first-order valence-electron chi connectivity index (χ1n) is 18.6. The van der Waals surface area contributed by atoms with Crippen molar-refractivity contribution in [3.05, 3.63) is 29.3 Å². The highest BCUT2D eigenvalue weighted by Crippen LogP contribution is 2.28. The Bertz CT molecular complexity index is 1570. The number of carboxylic acids is 2. The maximum Gasteiger partial charge on any atom is 0.404 e. The second-order valence-corrected chi connectivity index (χ2v) is 13.0. The van der Waals surface area contributed by atoms with Crippen molar-refractivity contribution in [2.45, 2.75) is 81.5 Å². The van der Waals surface area contributed by atoms with Crippen LogP contribution < -0.4 is 37.6 Å². The van der Waals surface area contributed by atoms with E-state index in [1.54, 1.807) is 0 Å². The number of unbranched alkanes of at least 4 members (excludes halogenated alkanes) is 1. The largest absolute Gasteiger partial charge is 0.481 e. The lowest BCUT2D eigenvalue weighted by atomic mass is 9.99. The van der Waals surface area contributed by atoms with Crippen LogP contribution in [0, 0.1) is 0 Å². The van der Waals surface area contributed by atoms with Crippen LogP contribution in [0.2, 0.25) is 0 Å². The lowest BCUT2D eigenvalue weighted by molar-refractivity contribution is -0.271. The molecule has 338 valence electrons. The molecule has 25 heteroatoms. The molecule has 0 aliphatic carbocycles. The fourth-order valence-electron chi connectivity index (χ4n) is 5.34. The Morgan fingerprint density at radius 1 is 0.817 bits per heavy atom. The van der Waals surface area contributed by atoms with E-state index >= 15 is 0 Å². The third-order valence-electron chi connectivity index (χ3n) is 8.42. The van der Waals surface area contributed by atoms with Crippen LogP contribution in [0.4, 0.5) is 4.79 Å². The summed E-state index contributed by atoms with van der Waals surface area (Å²) in [5, 5.41) is 59.3. The van der Waals surface area contributed by atoms with E-state index in [0.29, 0.717) is 13.2 Å². The van der Waals surface area contributed by atoms with Crippen molar-refractivity contribution in [1.29, 1.82) is 0 Å². The van der Waals surface area contributed by atoms with Crippen molar-refractivity contribution < 1.29 is 92.4 Å². The molecule has 1 aromatic rings. The minimum Gasteiger partial charge on any atom is -0.481 e. The van der Waals surface area contributed by atoms with E-state index < -0.39 is 97.5 Å². The molecule has 0 bridgehead atoms. The van der Waals surface area contributed by atoms with Gasteiger partial charge >= 0.3 is 18.0 Å². The Morgan fingerprint density at radius 2 is 1.52 bits per heavy atom. The number of aliphatic carboxylic acids is 2. The lowest BCUT2D eigenvalue weighted by Crippen LogP contribution is -2.61. The van der Waals surface area contributed by atoms with E-state index in [-0.39, 0.29) is 82.1 Å². The van der Waals surface area contributed by atoms with Crippen LogP contribution in [0.15, 0.2) is 18.2 Å². The van der Waals surface area contributed by atoms with E-state index in [0.717, 1.165) is 0 Å². The first kappa shape index (κ1) is 50.9. The van der Waals surface area contributed by atoms with E-state index in [1.165, 1.54) is 25.3 Å². The SMILES string of the molecule is COCCOCCOCC(=O)N[C@@H](CCCCNC(=O)c1cc(COC(N)=O)ccc1O[C@@H]1O[C@H](C(=O)O)[C@@H](O)[C@H](O)[C@H]1O)C(=O)N[C@@H](CCC(=O)O)C(=O)NCCON. The van der Waals surface area contributed by atoms with Gasteiger partial charge in [0.05, 0.1) is 38.6 Å². The zero-order valence-electron chi connectivity index (χ0n) is 32.8. The monoisotopic (exact) mass is 862 g/mol. The number of benzene rings is 1. The molecule has 0 unspecified atom stereocenters. The topological polar surface area (TPSA) is 385 Å². The molecule has 5 amide bonds. The quantitative estimate of drug-likeness (QED) is 0.0270. The second kappa shape index (κ2) is 27.5. The van der Waals surface area contributed by atoms with E-state index in [1.807, 2.05) is 0 Å². The number of methoxy groups -OCH3 is 1. The molecule has 1 heterocycles. The van der Waals surface area contributed by atoms with Gasteiger partial charge in [-0.1, -0.05) is 6.07 Å². The number of amides is 5. The fraction of sp³-hybridized carbons (Fsp3) is 0.629. The minimum atomic E-state index is -2.00. The number of carboxylic acid groups (broad SMARTS) is 2. The number of primary amides is 1. The normalized spacial score (nSPS) is 19.6. The number of aliphatic hydroxyl groups is 3. The van der Waals surface area contributed by atoms with Crippen LogP contribution in [0.5, 0.6) is 5.75 Å². The molecular weight excluding hydrogens is 808 g/mol. The standard InChI is InChI=1S/C35H54N6O19/c1-54-12-13-55-14-15-56-18-24(42)40-21(32(50)41-22(6-8-25(43)44)31(49)39-10-11-58-37)4-2-3-9-38-30(48)20-16-19(17-57-35(36)53)5-7-23(20)59-34-28(47)26(45)27(46)29(60-34)33(51)52/h5,7,16,21-22,26-29,34,45-47H,2-4,6,8-15,17-18,37H2,1H3,(H2,36,53)(H,38,48)(H,39,49)(H,40,42)(H,41,50)(H,43,44)(H,51,52)/t21-,22-,26-,27-,28+,29-,34+/m0/s1. The van der Waals surface area contributed by atoms with Crippen LogP contribution in [-0.2, 0) is 59.1 Å². The molecule has 13 N–H and O–H groups in total. The van der Waals surface area contributed by atoms with E-state index in [2.05, 4.69) is 26.1 Å². The smallest absolute Gasteiger partial charge is 0.404 e. The Labute approximate surface area is 343 Å². The number of hydrogen-bond acceptors (Lipinski definition) is 18. The van der Waals surface area contributed by atoms with Crippen LogP contribution in [-0.4, -0.2) is 170 Å². The van der Waals surface area contributed by atoms with Crippen molar-refractivity contribution >= 4 is 41.7 Å². The van der Waals surface area contributed by atoms with Gasteiger partial charge in [0.15, 0.2) is 6.10 Å². The van der Waals surface area contributed by atoms with Crippen LogP contribution in [0.25, 0.3) is 0 Å². The van der Waals surface area contributed by atoms with Crippen LogP contribution in [0.1, 0.15) is 48.0 Å². The van der Waals surface area contributed by atoms with E-state index in [9.17, 15) is 59.1 Å². The highest BCUT2D eigenvalue weighted by molar-refractivity contribution is 5.97. The zero-order valence-corrected chi connectivity index (χ0v) is 32.8. The summed E-state index contributed by atoms with van der Waals surface area (Å²) in [6, 6.07) is 1.25. The molecule has 0 radical (unpaired) electrons. The summed E-state index contributed by atoms with van der Waals surface area (Å²) in [5.74, 6) is -1.20. The average molecular weight is 863 g/mol. The van der Waals surface area contributed by atoms with Gasteiger partial charge in [0, 0.05) is 26.6 Å². The van der Waals surface area contributed by atoms with Gasteiger partial charge in [-0.3, -0.25) is 24.0 Å². The van der Waals surface area contributed by atoms with Gasteiger partial charge in [-0.2, -0.15) is 0 Å². The Hall–Kier alpha value is -5.25. The van der Waals surface area contributed by atoms with Crippen LogP contribution >= 0.6 is 0 Å². The summed E-state index contributed by atoms with van der Waals surface area (Å²) in [5.41, 5.74) is 5.08. The van der Waals surface area contributed by atoms with Gasteiger partial charge in [0.25, 0.3) is 5.91 Å². The molecule has 1 aliphatic rings. The van der Waals surface area contributed by atoms with Gasteiger partial charge in [-0.15, -0.1) is 0 Å². The fourth-order valence-corrected chi connectivity index (χ4v) is 5.34. The molecule has 1 fully saturated rings. The molecule has 2 rings (SSSR count). The lowest BCUT2D eigenvalue weighted by Gasteiger charge is -2.38. The molecule has 1 saturated heterocycles. The predicted octanol–water partition coefficient (Wildman–Crippen LogP) is -4.03. The maximum atomic E-state index is 13.5. The van der Waals surface area contributed by atoms with Crippen molar-refractivity contribution in [2.24, 2.45) is 11.6 Å². The van der Waals surface area contributed by atoms with Crippen molar-refractivity contribution in [3.8, 4) is 5.75 Å². The molecule has 1 aromatic carbocycles. The first-order chi connectivity index (χ1) is 28.6. The summed E-state index contributed by atoms with van der Waals surface area (Å²) in [6.07, 6.45) is -11.3. The number of carbonyl (C=O) groups is 7. The Kier molecular flexibility index (Phi) is 23.3. The summed E-state index contributed by atoms with van der Waals surface area (Å²) >= 11 is 0. The molecule has 60 heavy (non-hydrogen) atoms. The number of nitrogens with two attached hydrogens (primary N) is 2. The number of nitrogens with one attached hydrogen (secondary N) is 4. The number of aliphatic hydroxyl groups excluding tert-OH is 3. The second-order valence-electron chi connectivity index (χ2n) is 13.0. The zero-order chi connectivity index (χ0) is 44.6. The maximum absolute atomic E-state index is 13.5. The average Bonchev–Trinajstić information content (AvgIpc) is 3.20. The molecule has 0 saturated carbocycles. The number of ether oxygens (including phenoxy) is 6. The van der Waals surface area contributed by atoms with Gasteiger partial charge in [0.2, 0.25) is 24.0 Å². The Balaban J connectivity index is 2.17. The van der Waals surface area contributed by atoms with E-state index in [4.69, 9.17) is 40.1 Å². The Morgan fingerprint density at radius 3 is 2.18 bits per heavy atom. The predicted molar refractivity (Wildman–Crippen MR) is 199 cm³/mol. The summed E-state index contributed by atoms with van der Waals surface area (Å²) in [4.78, 5) is 90.9. The third-order valence-corrected chi connectivity index (χ3v) is 8.42. The molecular formula is C35H54N6O19. The van der Waals surface area contributed by atoms with Gasteiger partial charge in [-0.25, -0.2) is 15.5 Å². The highest BCUT2D eigenvalue weighted by Gasteiger charge is 2.48. The first-order valence-corrected chi connectivity index (χ1v) is 18.6. The summed E-state index contributed by atoms with van der Waals surface area (Å²) < 4.78 is 31.0. The number of carbonyl (C=O) groups excluding carboxylic acids is 5. The van der Waals surface area contributed by atoms with Gasteiger partial charge < -0.3 is 85.8 Å². The van der Waals surface area contributed by atoms with Gasteiger partial charge in [-0.05, 0) is 43.4 Å². The van der Waals surface area contributed by atoms with Crippen molar-refractivity contribution in [1.82, 2.24) is 21.3 Å². The molecule has 7 atom stereocenters. The molecule has 0 aromatic heterocycles. The molecule has 0 spiro atoms. The van der Waals surface area contributed by atoms with Crippen molar-refractivity contribution in [2.75, 3.05) is 59.8 Å². The highest BCUT2D eigenvalue weighted by atomic mass is 16.7. The van der Waals surface area contributed by atoms with Gasteiger partial charge in [0.1, 0.15) is 49.4 Å². The summed E-state index contributed by atoms with van der Waals surface area (Å²) in [6.45, 7) is -0.0957. The third kappa shape index (κ3) is 18.3. The minimum absolute atomic E-state index is 0.0357.